The van der Waals surface area contributed by atoms with Gasteiger partial charge in [-0.15, -0.1) is 11.3 Å². The van der Waals surface area contributed by atoms with E-state index in [9.17, 15) is 0 Å². The number of halogens is 1. The molecule has 1 spiro atoms. The summed E-state index contributed by atoms with van der Waals surface area (Å²) in [7, 11) is 0. The fraction of sp³-hybridized carbons (Fsp3) is 0.636. The smallest absolute Gasteiger partial charge is 0.0704 e. The van der Waals surface area contributed by atoms with E-state index in [1.807, 2.05) is 11.3 Å². The monoisotopic (exact) mass is 271 g/mol. The van der Waals surface area contributed by atoms with Crippen LogP contribution in [0.1, 0.15) is 29.7 Å². The van der Waals surface area contributed by atoms with Crippen molar-refractivity contribution >= 4 is 27.3 Å². The second kappa shape index (κ2) is 3.32. The van der Waals surface area contributed by atoms with Crippen molar-refractivity contribution < 1.29 is 0 Å². The fourth-order valence-electron chi connectivity index (χ4n) is 2.94. The topological polar surface area (TPSA) is 12.0 Å². The van der Waals surface area contributed by atoms with Crippen LogP contribution in [0.4, 0.5) is 0 Å². The molecule has 1 fully saturated rings. The molecule has 1 saturated heterocycles. The normalized spacial score (nSPS) is 30.9. The summed E-state index contributed by atoms with van der Waals surface area (Å²) in [5.41, 5.74) is 2.14. The molecule has 1 atom stereocenters. The average Bonchev–Trinajstić information content (AvgIpc) is 2.74. The largest absolute Gasteiger partial charge is 0.316 e. The van der Waals surface area contributed by atoms with Gasteiger partial charge in [0.25, 0.3) is 0 Å². The molecule has 2 heterocycles. The van der Waals surface area contributed by atoms with E-state index in [0.717, 1.165) is 0 Å². The minimum atomic E-state index is 0.496. The predicted octanol–water partition coefficient (Wildman–Crippen LogP) is 3.08. The van der Waals surface area contributed by atoms with Gasteiger partial charge in [0.2, 0.25) is 0 Å². The van der Waals surface area contributed by atoms with Gasteiger partial charge in [-0.2, -0.15) is 0 Å². The van der Waals surface area contributed by atoms with Gasteiger partial charge < -0.3 is 5.32 Å². The molecule has 3 heteroatoms. The summed E-state index contributed by atoms with van der Waals surface area (Å²) in [4.78, 5) is 1.63. The molecule has 76 valence electrons. The van der Waals surface area contributed by atoms with Gasteiger partial charge in [0.15, 0.2) is 0 Å². The van der Waals surface area contributed by atoms with Crippen molar-refractivity contribution in [3.63, 3.8) is 0 Å². The summed E-state index contributed by atoms with van der Waals surface area (Å²) in [6.45, 7) is 2.40. The summed E-state index contributed by atoms with van der Waals surface area (Å²) in [5.74, 6) is 0. The van der Waals surface area contributed by atoms with Gasteiger partial charge in [0.1, 0.15) is 0 Å². The lowest BCUT2D eigenvalue weighted by molar-refractivity contribution is 0.397. The second-order valence-electron chi connectivity index (χ2n) is 4.45. The molecule has 1 aliphatic carbocycles. The van der Waals surface area contributed by atoms with Crippen molar-refractivity contribution in [3.8, 4) is 0 Å². The number of hydrogen-bond donors (Lipinski definition) is 1. The molecule has 1 nitrogen and oxygen atoms in total. The van der Waals surface area contributed by atoms with E-state index in [2.05, 4.69) is 27.3 Å². The first-order chi connectivity index (χ1) is 6.80. The number of rotatable bonds is 0. The average molecular weight is 272 g/mol. The van der Waals surface area contributed by atoms with Gasteiger partial charge in [-0.05, 0) is 59.8 Å². The van der Waals surface area contributed by atoms with Gasteiger partial charge in [-0.3, -0.25) is 0 Å². The molecule has 1 aromatic rings. The Kier molecular flexibility index (Phi) is 2.22. The highest BCUT2D eigenvalue weighted by Crippen LogP contribution is 2.45. The van der Waals surface area contributed by atoms with Crippen LogP contribution >= 0.6 is 27.3 Å². The van der Waals surface area contributed by atoms with E-state index in [-0.39, 0.29) is 0 Å². The van der Waals surface area contributed by atoms with Gasteiger partial charge in [0, 0.05) is 16.8 Å². The van der Waals surface area contributed by atoms with Crippen LogP contribution in [0, 0.1) is 0 Å². The van der Waals surface area contributed by atoms with Crippen LogP contribution in [0.3, 0.4) is 0 Å². The Morgan fingerprint density at radius 2 is 2.36 bits per heavy atom. The Morgan fingerprint density at radius 3 is 3.14 bits per heavy atom. The SMILES string of the molecule is Brc1cc2c(s1)CCCC21CCNC1. The lowest BCUT2D eigenvalue weighted by Crippen LogP contribution is -2.32. The summed E-state index contributed by atoms with van der Waals surface area (Å²) in [6.07, 6.45) is 5.40. The van der Waals surface area contributed by atoms with Crippen molar-refractivity contribution in [2.75, 3.05) is 13.1 Å². The van der Waals surface area contributed by atoms with E-state index in [4.69, 9.17) is 0 Å². The van der Waals surface area contributed by atoms with Gasteiger partial charge in [0.05, 0.1) is 3.79 Å². The standard InChI is InChI=1S/C11H14BrNS/c12-10-6-8-9(14-10)2-1-3-11(8)4-5-13-7-11/h6,13H,1-5,7H2. The third-order valence-electron chi connectivity index (χ3n) is 3.65. The molecule has 1 aromatic heterocycles. The molecule has 2 aliphatic rings. The molecule has 1 unspecified atom stereocenters. The second-order valence-corrected chi connectivity index (χ2v) is 6.96. The lowest BCUT2D eigenvalue weighted by Gasteiger charge is -2.32. The fourth-order valence-corrected chi connectivity index (χ4v) is 4.80. The molecular weight excluding hydrogens is 258 g/mol. The van der Waals surface area contributed by atoms with Gasteiger partial charge in [-0.1, -0.05) is 0 Å². The minimum Gasteiger partial charge on any atom is -0.316 e. The Morgan fingerprint density at radius 1 is 1.43 bits per heavy atom. The molecule has 3 rings (SSSR count). The third kappa shape index (κ3) is 1.29. The Hall–Kier alpha value is 0.140. The maximum Gasteiger partial charge on any atom is 0.0704 e. The zero-order valence-corrected chi connectivity index (χ0v) is 10.5. The molecule has 1 aliphatic heterocycles. The number of fused-ring (bicyclic) bond motifs is 2. The maximum absolute atomic E-state index is 3.62. The molecular formula is C11H14BrNS. The highest BCUT2D eigenvalue weighted by molar-refractivity contribution is 9.11. The van der Waals surface area contributed by atoms with E-state index >= 15 is 0 Å². The van der Waals surface area contributed by atoms with Crippen molar-refractivity contribution in [3.05, 3.63) is 20.3 Å². The van der Waals surface area contributed by atoms with Crippen LogP contribution < -0.4 is 5.32 Å². The maximum atomic E-state index is 3.62. The number of aryl methyl sites for hydroxylation is 1. The predicted molar refractivity (Wildman–Crippen MR) is 64.1 cm³/mol. The molecule has 1 N–H and O–H groups in total. The summed E-state index contributed by atoms with van der Waals surface area (Å²) in [6, 6.07) is 2.37. The molecule has 0 radical (unpaired) electrons. The zero-order chi connectivity index (χ0) is 9.60. The van der Waals surface area contributed by atoms with Crippen molar-refractivity contribution in [1.82, 2.24) is 5.32 Å². The lowest BCUT2D eigenvalue weighted by atomic mass is 9.72. The molecule has 0 saturated carbocycles. The van der Waals surface area contributed by atoms with Gasteiger partial charge in [-0.25, -0.2) is 0 Å². The van der Waals surface area contributed by atoms with Crippen LogP contribution in [-0.2, 0) is 11.8 Å². The van der Waals surface area contributed by atoms with E-state index in [1.54, 1.807) is 10.4 Å². The van der Waals surface area contributed by atoms with E-state index < -0.39 is 0 Å². The van der Waals surface area contributed by atoms with Crippen molar-refractivity contribution in [1.29, 1.82) is 0 Å². The number of nitrogens with one attached hydrogen (secondary N) is 1. The first kappa shape index (κ1) is 9.37. The quantitative estimate of drug-likeness (QED) is 0.765. The van der Waals surface area contributed by atoms with Crippen molar-refractivity contribution in [2.45, 2.75) is 31.1 Å². The van der Waals surface area contributed by atoms with Crippen LogP contribution in [0.15, 0.2) is 9.85 Å². The number of hydrogen-bond acceptors (Lipinski definition) is 2. The summed E-state index contributed by atoms with van der Waals surface area (Å²) >= 11 is 5.56. The molecule has 0 amide bonds. The molecule has 0 bridgehead atoms. The third-order valence-corrected chi connectivity index (χ3v) is 5.35. The summed E-state index contributed by atoms with van der Waals surface area (Å²) in [5, 5.41) is 3.52. The highest BCUT2D eigenvalue weighted by atomic mass is 79.9. The van der Waals surface area contributed by atoms with Gasteiger partial charge >= 0.3 is 0 Å². The van der Waals surface area contributed by atoms with E-state index in [1.165, 1.54) is 42.6 Å². The van der Waals surface area contributed by atoms with Crippen LogP contribution in [0.25, 0.3) is 0 Å². The summed E-state index contributed by atoms with van der Waals surface area (Å²) < 4.78 is 1.32. The van der Waals surface area contributed by atoms with Crippen molar-refractivity contribution in [2.24, 2.45) is 0 Å². The first-order valence-electron chi connectivity index (χ1n) is 5.30. The number of thiophene rings is 1. The molecule has 14 heavy (non-hydrogen) atoms. The highest BCUT2D eigenvalue weighted by Gasteiger charge is 2.39. The molecule has 0 aromatic carbocycles. The Labute approximate surface area is 97.0 Å². The van der Waals surface area contributed by atoms with E-state index in [0.29, 0.717) is 5.41 Å². The Balaban J connectivity index is 2.09. The zero-order valence-electron chi connectivity index (χ0n) is 8.11. The van der Waals surface area contributed by atoms with Crippen LogP contribution in [-0.4, -0.2) is 13.1 Å². The first-order valence-corrected chi connectivity index (χ1v) is 6.91. The Bertz CT molecular complexity index is 352. The minimum absolute atomic E-state index is 0.496. The van der Waals surface area contributed by atoms with Crippen LogP contribution in [0.2, 0.25) is 0 Å². The van der Waals surface area contributed by atoms with Crippen LogP contribution in [0.5, 0.6) is 0 Å².